The molecule has 18 heavy (non-hydrogen) atoms. The molecule has 0 radical (unpaired) electrons. The fraction of sp³-hybridized carbons (Fsp3) is 0.429. The Morgan fingerprint density at radius 1 is 1.39 bits per heavy atom. The summed E-state index contributed by atoms with van der Waals surface area (Å²) in [5.74, 6) is -1.88. The van der Waals surface area contributed by atoms with E-state index in [4.69, 9.17) is 5.11 Å². The maximum atomic E-state index is 11.8. The summed E-state index contributed by atoms with van der Waals surface area (Å²) in [7, 11) is 0. The van der Waals surface area contributed by atoms with E-state index in [1.165, 1.54) is 0 Å². The molecule has 3 atom stereocenters. The second-order valence-corrected chi connectivity index (χ2v) is 4.93. The molecule has 0 bridgehead atoms. The zero-order valence-electron chi connectivity index (χ0n) is 10.5. The van der Waals surface area contributed by atoms with E-state index < -0.39 is 11.9 Å². The third kappa shape index (κ3) is 2.70. The maximum absolute atomic E-state index is 11.8. The van der Waals surface area contributed by atoms with Gasteiger partial charge in [0.25, 0.3) is 0 Å². The van der Waals surface area contributed by atoms with E-state index in [0.717, 1.165) is 11.1 Å². The average molecular weight is 247 g/mol. The molecule has 1 saturated carbocycles. The number of nitrogens with one attached hydrogen (secondary N) is 1. The van der Waals surface area contributed by atoms with Gasteiger partial charge >= 0.3 is 5.97 Å². The topological polar surface area (TPSA) is 66.4 Å². The number of carboxylic acid groups (broad SMARTS) is 1. The largest absolute Gasteiger partial charge is 0.481 e. The van der Waals surface area contributed by atoms with E-state index in [0.29, 0.717) is 6.42 Å². The van der Waals surface area contributed by atoms with Crippen molar-refractivity contribution >= 4 is 11.9 Å². The van der Waals surface area contributed by atoms with Gasteiger partial charge in [-0.3, -0.25) is 9.59 Å². The molecule has 0 aromatic heterocycles. The summed E-state index contributed by atoms with van der Waals surface area (Å²) < 4.78 is 0. The first-order valence-corrected chi connectivity index (χ1v) is 6.09. The van der Waals surface area contributed by atoms with Gasteiger partial charge in [0.2, 0.25) is 5.91 Å². The minimum Gasteiger partial charge on any atom is -0.481 e. The first-order valence-electron chi connectivity index (χ1n) is 6.09. The van der Waals surface area contributed by atoms with Gasteiger partial charge in [0.15, 0.2) is 0 Å². The molecule has 2 N–H and O–H groups in total. The molecule has 4 heteroatoms. The van der Waals surface area contributed by atoms with Gasteiger partial charge in [0, 0.05) is 0 Å². The Bertz CT molecular complexity index is 484. The molecule has 1 aliphatic rings. The molecule has 1 aromatic carbocycles. The van der Waals surface area contributed by atoms with Crippen LogP contribution in [0.15, 0.2) is 24.3 Å². The lowest BCUT2D eigenvalue weighted by Gasteiger charge is -2.14. The van der Waals surface area contributed by atoms with Crippen LogP contribution in [0.5, 0.6) is 0 Å². The zero-order chi connectivity index (χ0) is 13.3. The number of carbonyl (C=O) groups is 2. The monoisotopic (exact) mass is 247 g/mol. The Morgan fingerprint density at radius 3 is 2.67 bits per heavy atom. The van der Waals surface area contributed by atoms with Crippen molar-refractivity contribution < 1.29 is 14.7 Å². The van der Waals surface area contributed by atoms with Crippen molar-refractivity contribution in [3.63, 3.8) is 0 Å². The number of aryl methyl sites for hydroxylation is 1. The van der Waals surface area contributed by atoms with Crippen LogP contribution in [-0.2, 0) is 9.59 Å². The van der Waals surface area contributed by atoms with Gasteiger partial charge in [-0.2, -0.15) is 0 Å². The summed E-state index contributed by atoms with van der Waals surface area (Å²) in [6, 6.07) is 7.84. The highest BCUT2D eigenvalue weighted by Gasteiger charge is 2.48. The lowest BCUT2D eigenvalue weighted by Crippen LogP contribution is -2.29. The summed E-state index contributed by atoms with van der Waals surface area (Å²) >= 11 is 0. The van der Waals surface area contributed by atoms with Crippen molar-refractivity contribution in [2.24, 2.45) is 11.8 Å². The number of hydrogen-bond donors (Lipinski definition) is 2. The van der Waals surface area contributed by atoms with Crippen LogP contribution in [0.1, 0.15) is 30.5 Å². The second kappa shape index (κ2) is 4.80. The third-order valence-electron chi connectivity index (χ3n) is 3.35. The summed E-state index contributed by atoms with van der Waals surface area (Å²) in [6.07, 6.45) is 0.460. The highest BCUT2D eigenvalue weighted by molar-refractivity contribution is 5.89. The van der Waals surface area contributed by atoms with Crippen molar-refractivity contribution in [3.05, 3.63) is 35.4 Å². The summed E-state index contributed by atoms with van der Waals surface area (Å²) in [6.45, 7) is 3.91. The van der Waals surface area contributed by atoms with E-state index in [2.05, 4.69) is 5.32 Å². The second-order valence-electron chi connectivity index (χ2n) is 4.93. The van der Waals surface area contributed by atoms with E-state index in [9.17, 15) is 9.59 Å². The fourth-order valence-corrected chi connectivity index (χ4v) is 2.10. The zero-order valence-corrected chi connectivity index (χ0v) is 10.5. The number of benzene rings is 1. The van der Waals surface area contributed by atoms with Crippen LogP contribution in [0, 0.1) is 18.8 Å². The molecule has 0 unspecified atom stereocenters. The van der Waals surface area contributed by atoms with Gasteiger partial charge in [-0.05, 0) is 25.8 Å². The van der Waals surface area contributed by atoms with Crippen molar-refractivity contribution in [3.8, 4) is 0 Å². The van der Waals surface area contributed by atoms with Crippen LogP contribution >= 0.6 is 0 Å². The number of hydrogen-bond acceptors (Lipinski definition) is 2. The predicted molar refractivity (Wildman–Crippen MR) is 67.0 cm³/mol. The Morgan fingerprint density at radius 2 is 2.11 bits per heavy atom. The number of carboxylic acids is 1. The Labute approximate surface area is 106 Å². The maximum Gasteiger partial charge on any atom is 0.307 e. The molecule has 0 saturated heterocycles. The lowest BCUT2D eigenvalue weighted by atomic mass is 10.1. The molecular formula is C14H17NO3. The molecule has 0 spiro atoms. The van der Waals surface area contributed by atoms with E-state index in [1.54, 1.807) is 0 Å². The smallest absolute Gasteiger partial charge is 0.307 e. The van der Waals surface area contributed by atoms with Crippen LogP contribution in [0.3, 0.4) is 0 Å². The van der Waals surface area contributed by atoms with Crippen LogP contribution in [-0.4, -0.2) is 17.0 Å². The predicted octanol–water partition coefficient (Wildman–Crippen LogP) is 1.89. The first-order chi connectivity index (χ1) is 8.49. The molecular weight excluding hydrogens is 230 g/mol. The number of amides is 1. The molecule has 2 rings (SSSR count). The van der Waals surface area contributed by atoms with Gasteiger partial charge in [0.1, 0.15) is 0 Å². The average Bonchev–Trinajstić information content (AvgIpc) is 3.08. The van der Waals surface area contributed by atoms with Gasteiger partial charge in [-0.15, -0.1) is 0 Å². The van der Waals surface area contributed by atoms with Gasteiger partial charge in [-0.25, -0.2) is 0 Å². The fourth-order valence-electron chi connectivity index (χ4n) is 2.10. The summed E-state index contributed by atoms with van der Waals surface area (Å²) in [5, 5.41) is 11.6. The van der Waals surface area contributed by atoms with Crippen LogP contribution in [0.4, 0.5) is 0 Å². The van der Waals surface area contributed by atoms with Crippen molar-refractivity contribution in [1.82, 2.24) is 5.32 Å². The van der Waals surface area contributed by atoms with E-state index in [1.807, 2.05) is 38.1 Å². The summed E-state index contributed by atoms with van der Waals surface area (Å²) in [5.41, 5.74) is 2.18. The van der Waals surface area contributed by atoms with Crippen LogP contribution in [0.25, 0.3) is 0 Å². The molecule has 0 aliphatic heterocycles. The Kier molecular flexibility index (Phi) is 3.36. The molecule has 1 aromatic rings. The van der Waals surface area contributed by atoms with Gasteiger partial charge < -0.3 is 10.4 Å². The Balaban J connectivity index is 1.94. The number of carbonyl (C=O) groups excluding carboxylic acids is 1. The quantitative estimate of drug-likeness (QED) is 0.853. The Hall–Kier alpha value is -1.84. The molecule has 1 fully saturated rings. The van der Waals surface area contributed by atoms with E-state index >= 15 is 0 Å². The number of rotatable bonds is 4. The van der Waals surface area contributed by atoms with Crippen molar-refractivity contribution in [2.75, 3.05) is 0 Å². The van der Waals surface area contributed by atoms with Crippen LogP contribution in [0.2, 0.25) is 0 Å². The summed E-state index contributed by atoms with van der Waals surface area (Å²) in [4.78, 5) is 22.5. The standard InChI is InChI=1S/C14H17NO3/c1-8-4-3-5-10(6-8)9(2)15-13(16)11-7-12(11)14(17)18/h3-6,9,11-12H,7H2,1-2H3,(H,15,16)(H,17,18)/t9-,11-,12+/m1/s1. The molecule has 96 valence electrons. The van der Waals surface area contributed by atoms with Crippen molar-refractivity contribution in [1.29, 1.82) is 0 Å². The molecule has 4 nitrogen and oxygen atoms in total. The normalized spacial score (nSPS) is 23.2. The van der Waals surface area contributed by atoms with Gasteiger partial charge in [0.05, 0.1) is 17.9 Å². The van der Waals surface area contributed by atoms with E-state index in [-0.39, 0.29) is 17.9 Å². The minimum atomic E-state index is -0.877. The highest BCUT2D eigenvalue weighted by Crippen LogP contribution is 2.39. The SMILES string of the molecule is Cc1cccc([C@@H](C)NC(=O)[C@@H]2C[C@@H]2C(=O)O)c1. The lowest BCUT2D eigenvalue weighted by molar-refractivity contribution is -0.140. The molecule has 0 heterocycles. The molecule has 1 aliphatic carbocycles. The molecule has 1 amide bonds. The minimum absolute atomic E-state index is 0.0903. The van der Waals surface area contributed by atoms with Crippen LogP contribution < -0.4 is 5.32 Å². The number of aliphatic carboxylic acids is 1. The van der Waals surface area contributed by atoms with Gasteiger partial charge in [-0.1, -0.05) is 29.8 Å². The van der Waals surface area contributed by atoms with Crippen molar-refractivity contribution in [2.45, 2.75) is 26.3 Å². The third-order valence-corrected chi connectivity index (χ3v) is 3.35. The highest BCUT2D eigenvalue weighted by atomic mass is 16.4. The first kappa shape index (κ1) is 12.6.